The van der Waals surface area contributed by atoms with Crippen molar-refractivity contribution < 1.29 is 4.79 Å². The van der Waals surface area contributed by atoms with Crippen molar-refractivity contribution in [3.05, 3.63) is 63.5 Å². The van der Waals surface area contributed by atoms with Crippen LogP contribution in [0.25, 0.3) is 0 Å². The molecule has 0 radical (unpaired) electrons. The molecule has 1 aromatic carbocycles. The Kier molecular flexibility index (Phi) is 5.01. The lowest BCUT2D eigenvalue weighted by atomic mass is 10.2. The van der Waals surface area contributed by atoms with E-state index in [4.69, 9.17) is 11.6 Å². The fraction of sp³-hybridized carbons (Fsp3) is 0.188. The first kappa shape index (κ1) is 16.7. The van der Waals surface area contributed by atoms with E-state index in [9.17, 15) is 4.79 Å². The molecule has 3 rings (SSSR count). The van der Waals surface area contributed by atoms with E-state index < -0.39 is 0 Å². The molecule has 124 valence electrons. The van der Waals surface area contributed by atoms with Gasteiger partial charge in [-0.3, -0.25) is 14.2 Å². The highest BCUT2D eigenvalue weighted by atomic mass is 79.9. The van der Waals surface area contributed by atoms with Crippen LogP contribution in [0.2, 0.25) is 5.02 Å². The molecule has 0 saturated heterocycles. The average molecular weight is 409 g/mol. The van der Waals surface area contributed by atoms with Gasteiger partial charge in [-0.05, 0) is 40.5 Å². The minimum atomic E-state index is -0.182. The molecule has 0 aliphatic heterocycles. The predicted molar refractivity (Wildman–Crippen MR) is 96.1 cm³/mol. The smallest absolute Gasteiger partial charge is 0.247 e. The number of amides is 1. The predicted octanol–water partition coefficient (Wildman–Crippen LogP) is 3.49. The zero-order valence-corrected chi connectivity index (χ0v) is 15.3. The zero-order chi connectivity index (χ0) is 17.1. The van der Waals surface area contributed by atoms with Gasteiger partial charge >= 0.3 is 0 Å². The quantitative estimate of drug-likeness (QED) is 0.703. The van der Waals surface area contributed by atoms with Gasteiger partial charge in [-0.15, -0.1) is 0 Å². The summed E-state index contributed by atoms with van der Waals surface area (Å²) in [6, 6.07) is 9.35. The molecule has 0 aliphatic carbocycles. The molecular weight excluding hydrogens is 394 g/mol. The SMILES string of the molecule is Cc1nn(CC(=O)Nc2ccn(Cc3cccc(Cl)c3)n2)cc1Br. The first-order valence-electron chi connectivity index (χ1n) is 7.27. The summed E-state index contributed by atoms with van der Waals surface area (Å²) < 4.78 is 4.20. The van der Waals surface area contributed by atoms with Crippen LogP contribution in [-0.2, 0) is 17.9 Å². The number of rotatable bonds is 5. The van der Waals surface area contributed by atoms with E-state index in [-0.39, 0.29) is 12.5 Å². The number of aromatic nitrogens is 4. The Hall–Kier alpha value is -2.12. The fourth-order valence-electron chi connectivity index (χ4n) is 2.24. The number of anilines is 1. The molecule has 6 nitrogen and oxygen atoms in total. The highest BCUT2D eigenvalue weighted by Crippen LogP contribution is 2.14. The van der Waals surface area contributed by atoms with Gasteiger partial charge in [-0.2, -0.15) is 10.2 Å². The van der Waals surface area contributed by atoms with Crippen molar-refractivity contribution in [3.8, 4) is 0 Å². The lowest BCUT2D eigenvalue weighted by Gasteiger charge is -2.04. The lowest BCUT2D eigenvalue weighted by molar-refractivity contribution is -0.116. The zero-order valence-electron chi connectivity index (χ0n) is 12.9. The number of carbonyl (C=O) groups is 1. The third kappa shape index (κ3) is 4.24. The van der Waals surface area contributed by atoms with Crippen molar-refractivity contribution in [2.75, 3.05) is 5.32 Å². The second-order valence-electron chi connectivity index (χ2n) is 5.34. The molecular formula is C16H15BrClN5O. The standard InChI is InChI=1S/C16H15BrClN5O/c1-11-14(17)9-23(20-11)10-16(24)19-15-5-6-22(21-15)8-12-3-2-4-13(18)7-12/h2-7,9H,8,10H2,1H3,(H,19,21,24). The van der Waals surface area contributed by atoms with E-state index in [0.29, 0.717) is 17.4 Å². The maximum absolute atomic E-state index is 12.1. The van der Waals surface area contributed by atoms with Crippen LogP contribution in [0.15, 0.2) is 47.2 Å². The van der Waals surface area contributed by atoms with Crippen LogP contribution in [0, 0.1) is 6.92 Å². The number of halogens is 2. The molecule has 1 N–H and O–H groups in total. The van der Waals surface area contributed by atoms with Gasteiger partial charge in [-0.25, -0.2) is 0 Å². The highest BCUT2D eigenvalue weighted by Gasteiger charge is 2.09. The minimum Gasteiger partial charge on any atom is -0.308 e. The normalized spacial score (nSPS) is 10.8. The van der Waals surface area contributed by atoms with E-state index in [1.54, 1.807) is 21.6 Å². The Labute approximate surface area is 152 Å². The van der Waals surface area contributed by atoms with Crippen molar-refractivity contribution in [2.45, 2.75) is 20.0 Å². The van der Waals surface area contributed by atoms with Gasteiger partial charge in [0, 0.05) is 23.5 Å². The average Bonchev–Trinajstić information content (AvgIpc) is 3.06. The summed E-state index contributed by atoms with van der Waals surface area (Å²) in [5.41, 5.74) is 1.88. The summed E-state index contributed by atoms with van der Waals surface area (Å²) in [7, 11) is 0. The monoisotopic (exact) mass is 407 g/mol. The number of hydrogen-bond acceptors (Lipinski definition) is 3. The van der Waals surface area contributed by atoms with Crippen molar-refractivity contribution in [1.82, 2.24) is 19.6 Å². The van der Waals surface area contributed by atoms with Gasteiger partial charge < -0.3 is 5.32 Å². The second-order valence-corrected chi connectivity index (χ2v) is 6.63. The molecule has 2 aromatic heterocycles. The Morgan fingerprint density at radius 1 is 1.29 bits per heavy atom. The molecule has 0 spiro atoms. The molecule has 0 saturated carbocycles. The van der Waals surface area contributed by atoms with E-state index in [1.807, 2.05) is 37.4 Å². The van der Waals surface area contributed by atoms with E-state index in [0.717, 1.165) is 15.7 Å². The molecule has 0 unspecified atom stereocenters. The maximum atomic E-state index is 12.1. The van der Waals surface area contributed by atoms with Crippen LogP contribution in [-0.4, -0.2) is 25.5 Å². The molecule has 0 atom stereocenters. The van der Waals surface area contributed by atoms with Crippen LogP contribution in [0.1, 0.15) is 11.3 Å². The summed E-state index contributed by atoms with van der Waals surface area (Å²) in [6.45, 7) is 2.59. The van der Waals surface area contributed by atoms with E-state index in [2.05, 4.69) is 31.4 Å². The van der Waals surface area contributed by atoms with Gasteiger partial charge in [0.05, 0.1) is 16.7 Å². The number of hydrogen-bond donors (Lipinski definition) is 1. The van der Waals surface area contributed by atoms with Crippen LogP contribution in [0.4, 0.5) is 5.82 Å². The van der Waals surface area contributed by atoms with Crippen molar-refractivity contribution in [1.29, 1.82) is 0 Å². The second kappa shape index (κ2) is 7.19. The van der Waals surface area contributed by atoms with Gasteiger partial charge in [0.2, 0.25) is 5.91 Å². The molecule has 2 heterocycles. The number of carbonyl (C=O) groups excluding carboxylic acids is 1. The van der Waals surface area contributed by atoms with Crippen molar-refractivity contribution >= 4 is 39.3 Å². The summed E-state index contributed by atoms with van der Waals surface area (Å²) in [4.78, 5) is 12.1. The highest BCUT2D eigenvalue weighted by molar-refractivity contribution is 9.10. The molecule has 24 heavy (non-hydrogen) atoms. The summed E-state index contributed by atoms with van der Waals surface area (Å²) in [5, 5.41) is 12.0. The first-order chi connectivity index (χ1) is 11.5. The third-order valence-corrected chi connectivity index (χ3v) is 4.35. The third-order valence-electron chi connectivity index (χ3n) is 3.33. The maximum Gasteiger partial charge on any atom is 0.247 e. The molecule has 0 bridgehead atoms. The summed E-state index contributed by atoms with van der Waals surface area (Å²) in [5.74, 6) is 0.322. The Balaban J connectivity index is 1.60. The number of aryl methyl sites for hydroxylation is 1. The molecule has 0 fully saturated rings. The Morgan fingerprint density at radius 2 is 2.12 bits per heavy atom. The summed E-state index contributed by atoms with van der Waals surface area (Å²) in [6.07, 6.45) is 3.58. The van der Waals surface area contributed by atoms with Gasteiger partial charge in [-0.1, -0.05) is 23.7 Å². The van der Waals surface area contributed by atoms with Gasteiger partial charge in [0.1, 0.15) is 6.54 Å². The van der Waals surface area contributed by atoms with Gasteiger partial charge in [0.25, 0.3) is 0 Å². The van der Waals surface area contributed by atoms with Gasteiger partial charge in [0.15, 0.2) is 5.82 Å². The van der Waals surface area contributed by atoms with Crippen molar-refractivity contribution in [2.24, 2.45) is 0 Å². The number of benzene rings is 1. The topological polar surface area (TPSA) is 64.7 Å². The summed E-state index contributed by atoms with van der Waals surface area (Å²) >= 11 is 9.35. The van der Waals surface area contributed by atoms with E-state index in [1.165, 1.54) is 0 Å². The minimum absolute atomic E-state index is 0.133. The largest absolute Gasteiger partial charge is 0.308 e. The van der Waals surface area contributed by atoms with Crippen LogP contribution >= 0.6 is 27.5 Å². The molecule has 1 amide bonds. The van der Waals surface area contributed by atoms with Crippen LogP contribution in [0.3, 0.4) is 0 Å². The van der Waals surface area contributed by atoms with Crippen LogP contribution < -0.4 is 5.32 Å². The molecule has 3 aromatic rings. The number of nitrogens with zero attached hydrogens (tertiary/aromatic N) is 4. The number of nitrogens with one attached hydrogen (secondary N) is 1. The molecule has 8 heteroatoms. The first-order valence-corrected chi connectivity index (χ1v) is 8.44. The van der Waals surface area contributed by atoms with E-state index >= 15 is 0 Å². The Morgan fingerprint density at radius 3 is 2.83 bits per heavy atom. The fourth-order valence-corrected chi connectivity index (χ4v) is 2.77. The van der Waals surface area contributed by atoms with Crippen LogP contribution in [0.5, 0.6) is 0 Å². The van der Waals surface area contributed by atoms with Crippen molar-refractivity contribution in [3.63, 3.8) is 0 Å². The Bertz CT molecular complexity index is 853. The lowest BCUT2D eigenvalue weighted by Crippen LogP contribution is -2.19. The molecule has 0 aliphatic rings.